The Kier molecular flexibility index (Phi) is 4.85. The molecule has 0 aliphatic rings. The molecule has 7 heteroatoms. The molecule has 0 bridgehead atoms. The highest BCUT2D eigenvalue weighted by atomic mass is 32.1. The van der Waals surface area contributed by atoms with E-state index >= 15 is 0 Å². The van der Waals surface area contributed by atoms with E-state index in [0.29, 0.717) is 5.56 Å². The fraction of sp³-hybridized carbons (Fsp3) is 0.0556. The van der Waals surface area contributed by atoms with Gasteiger partial charge < -0.3 is 4.74 Å². The Labute approximate surface area is 147 Å². The summed E-state index contributed by atoms with van der Waals surface area (Å²) in [5.74, 6) is -1.82. The number of halogens is 1. The van der Waals surface area contributed by atoms with Crippen molar-refractivity contribution in [2.45, 2.75) is 0 Å². The SMILES string of the molecule is COC(=O)c1cnc(NC(=O)c2ccc(-c3ccccc3)cc2F)s1. The fourth-order valence-electron chi connectivity index (χ4n) is 2.20. The molecule has 0 aliphatic heterocycles. The first-order valence-electron chi connectivity index (χ1n) is 7.29. The number of aromatic nitrogens is 1. The van der Waals surface area contributed by atoms with Gasteiger partial charge in [-0.25, -0.2) is 14.2 Å². The summed E-state index contributed by atoms with van der Waals surface area (Å²) in [5, 5.41) is 2.67. The zero-order valence-electron chi connectivity index (χ0n) is 13.2. The van der Waals surface area contributed by atoms with Gasteiger partial charge in [-0.1, -0.05) is 47.7 Å². The number of hydrogen-bond donors (Lipinski definition) is 1. The van der Waals surface area contributed by atoms with Gasteiger partial charge in [-0.3, -0.25) is 10.1 Å². The van der Waals surface area contributed by atoms with E-state index in [1.165, 1.54) is 25.4 Å². The van der Waals surface area contributed by atoms with Crippen molar-refractivity contribution < 1.29 is 18.7 Å². The van der Waals surface area contributed by atoms with Gasteiger partial charge in [0.15, 0.2) is 5.13 Å². The van der Waals surface area contributed by atoms with Gasteiger partial charge in [-0.2, -0.15) is 0 Å². The van der Waals surface area contributed by atoms with Crippen molar-refractivity contribution in [1.82, 2.24) is 4.98 Å². The number of thiazole rings is 1. The lowest BCUT2D eigenvalue weighted by Crippen LogP contribution is -2.13. The largest absolute Gasteiger partial charge is 0.465 e. The number of rotatable bonds is 4. The molecule has 1 N–H and O–H groups in total. The summed E-state index contributed by atoms with van der Waals surface area (Å²) in [6.07, 6.45) is 1.29. The van der Waals surface area contributed by atoms with E-state index in [1.54, 1.807) is 6.07 Å². The molecule has 0 saturated carbocycles. The van der Waals surface area contributed by atoms with Gasteiger partial charge in [0.2, 0.25) is 0 Å². The third-order valence-corrected chi connectivity index (χ3v) is 4.33. The number of ether oxygens (including phenoxy) is 1. The monoisotopic (exact) mass is 356 g/mol. The number of esters is 1. The molecule has 0 radical (unpaired) electrons. The van der Waals surface area contributed by atoms with Crippen LogP contribution in [0.25, 0.3) is 11.1 Å². The van der Waals surface area contributed by atoms with Crippen molar-refractivity contribution in [3.05, 3.63) is 71.0 Å². The van der Waals surface area contributed by atoms with Crippen LogP contribution in [0, 0.1) is 5.82 Å². The highest BCUT2D eigenvalue weighted by molar-refractivity contribution is 7.17. The first-order valence-corrected chi connectivity index (χ1v) is 8.10. The molecule has 0 atom stereocenters. The molecule has 0 spiro atoms. The van der Waals surface area contributed by atoms with E-state index in [0.717, 1.165) is 16.9 Å². The zero-order chi connectivity index (χ0) is 17.8. The second-order valence-corrected chi connectivity index (χ2v) is 6.07. The van der Waals surface area contributed by atoms with E-state index in [9.17, 15) is 14.0 Å². The van der Waals surface area contributed by atoms with E-state index < -0.39 is 17.7 Å². The smallest absolute Gasteiger partial charge is 0.349 e. The highest BCUT2D eigenvalue weighted by Gasteiger charge is 2.16. The Morgan fingerprint density at radius 1 is 1.12 bits per heavy atom. The Balaban J connectivity index is 1.78. The molecule has 5 nitrogen and oxygen atoms in total. The Bertz CT molecular complexity index is 925. The number of amides is 1. The van der Waals surface area contributed by atoms with Crippen LogP contribution < -0.4 is 5.32 Å². The molecule has 25 heavy (non-hydrogen) atoms. The van der Waals surface area contributed by atoms with Crippen molar-refractivity contribution in [1.29, 1.82) is 0 Å². The molecule has 3 aromatic rings. The molecule has 1 heterocycles. The molecule has 0 unspecified atom stereocenters. The Morgan fingerprint density at radius 2 is 1.88 bits per heavy atom. The second-order valence-electron chi connectivity index (χ2n) is 5.04. The molecule has 2 aromatic carbocycles. The third-order valence-electron chi connectivity index (χ3n) is 3.43. The number of anilines is 1. The summed E-state index contributed by atoms with van der Waals surface area (Å²) in [5.41, 5.74) is 1.43. The topological polar surface area (TPSA) is 68.3 Å². The lowest BCUT2D eigenvalue weighted by molar-refractivity contribution is 0.0606. The highest BCUT2D eigenvalue weighted by Crippen LogP contribution is 2.23. The number of nitrogens with zero attached hydrogens (tertiary/aromatic N) is 1. The zero-order valence-corrected chi connectivity index (χ0v) is 14.0. The molecular formula is C18H13FN2O3S. The van der Waals surface area contributed by atoms with Crippen molar-refractivity contribution in [2.75, 3.05) is 12.4 Å². The number of nitrogens with one attached hydrogen (secondary N) is 1. The van der Waals surface area contributed by atoms with Crippen LogP contribution >= 0.6 is 11.3 Å². The van der Waals surface area contributed by atoms with Crippen molar-refractivity contribution in [3.63, 3.8) is 0 Å². The minimum Gasteiger partial charge on any atom is -0.465 e. The van der Waals surface area contributed by atoms with Crippen LogP contribution in [0.2, 0.25) is 0 Å². The summed E-state index contributed by atoms with van der Waals surface area (Å²) in [4.78, 5) is 27.8. The predicted molar refractivity (Wildman–Crippen MR) is 93.2 cm³/mol. The number of hydrogen-bond acceptors (Lipinski definition) is 5. The number of carbonyl (C=O) groups is 2. The van der Waals surface area contributed by atoms with E-state index in [2.05, 4.69) is 15.0 Å². The number of methoxy groups -OCH3 is 1. The van der Waals surface area contributed by atoms with Gasteiger partial charge in [-0.05, 0) is 23.3 Å². The van der Waals surface area contributed by atoms with Gasteiger partial charge in [0.05, 0.1) is 18.9 Å². The number of benzene rings is 2. The Hall–Kier alpha value is -3.06. The molecule has 0 aliphatic carbocycles. The van der Waals surface area contributed by atoms with Crippen LogP contribution in [0.4, 0.5) is 9.52 Å². The van der Waals surface area contributed by atoms with Gasteiger partial charge in [0.25, 0.3) is 5.91 Å². The molecular weight excluding hydrogens is 343 g/mol. The van der Waals surface area contributed by atoms with Gasteiger partial charge in [-0.15, -0.1) is 0 Å². The maximum Gasteiger partial charge on any atom is 0.349 e. The normalized spacial score (nSPS) is 10.3. The average molecular weight is 356 g/mol. The molecule has 126 valence electrons. The van der Waals surface area contributed by atoms with E-state index in [1.807, 2.05) is 30.3 Å². The van der Waals surface area contributed by atoms with Gasteiger partial charge >= 0.3 is 5.97 Å². The van der Waals surface area contributed by atoms with Crippen molar-refractivity contribution in [3.8, 4) is 11.1 Å². The summed E-state index contributed by atoms with van der Waals surface area (Å²) >= 11 is 0.954. The van der Waals surface area contributed by atoms with E-state index in [-0.39, 0.29) is 15.6 Å². The van der Waals surface area contributed by atoms with Crippen LogP contribution in [0.15, 0.2) is 54.7 Å². The lowest BCUT2D eigenvalue weighted by atomic mass is 10.0. The van der Waals surface area contributed by atoms with Gasteiger partial charge in [0.1, 0.15) is 10.7 Å². The maximum absolute atomic E-state index is 14.3. The molecule has 1 amide bonds. The Morgan fingerprint density at radius 3 is 2.56 bits per heavy atom. The maximum atomic E-state index is 14.3. The minimum atomic E-state index is -0.636. The summed E-state index contributed by atoms with van der Waals surface area (Å²) in [6.45, 7) is 0. The number of carbonyl (C=O) groups excluding carboxylic acids is 2. The molecule has 1 aromatic heterocycles. The standard InChI is InChI=1S/C18H13FN2O3S/c1-24-17(23)15-10-20-18(25-15)21-16(22)13-8-7-12(9-14(13)19)11-5-3-2-4-6-11/h2-10H,1H3,(H,20,21,22). The van der Waals surface area contributed by atoms with Crippen LogP contribution in [0.3, 0.4) is 0 Å². The summed E-state index contributed by atoms with van der Waals surface area (Å²) < 4.78 is 18.9. The quantitative estimate of drug-likeness (QED) is 0.718. The first kappa shape index (κ1) is 16.8. The second kappa shape index (κ2) is 7.23. The first-order chi connectivity index (χ1) is 12.1. The minimum absolute atomic E-state index is 0.102. The predicted octanol–water partition coefficient (Wildman–Crippen LogP) is 3.99. The third kappa shape index (κ3) is 3.72. The molecule has 0 saturated heterocycles. The van der Waals surface area contributed by atoms with Crippen LogP contribution in [-0.4, -0.2) is 24.0 Å². The van der Waals surface area contributed by atoms with Crippen molar-refractivity contribution in [2.24, 2.45) is 0 Å². The van der Waals surface area contributed by atoms with Crippen LogP contribution in [-0.2, 0) is 4.74 Å². The van der Waals surface area contributed by atoms with Gasteiger partial charge in [0, 0.05) is 0 Å². The van der Waals surface area contributed by atoms with E-state index in [4.69, 9.17) is 0 Å². The molecule has 3 rings (SSSR count). The molecule has 0 fully saturated rings. The van der Waals surface area contributed by atoms with Crippen LogP contribution in [0.1, 0.15) is 20.0 Å². The summed E-state index contributed by atoms with van der Waals surface area (Å²) in [6, 6.07) is 13.7. The lowest BCUT2D eigenvalue weighted by Gasteiger charge is -2.06. The summed E-state index contributed by atoms with van der Waals surface area (Å²) in [7, 11) is 1.25. The fourth-order valence-corrected chi connectivity index (χ4v) is 2.93. The van der Waals surface area contributed by atoms with Crippen LogP contribution in [0.5, 0.6) is 0 Å². The van der Waals surface area contributed by atoms with Crippen molar-refractivity contribution >= 4 is 28.3 Å². The average Bonchev–Trinajstić information content (AvgIpc) is 3.10.